The molecule has 0 unspecified atom stereocenters. The predicted octanol–water partition coefficient (Wildman–Crippen LogP) is 1.47. The molecule has 0 aliphatic heterocycles. The van der Waals surface area contributed by atoms with Gasteiger partial charge in [-0.15, -0.1) is 25.3 Å². The lowest BCUT2D eigenvalue weighted by molar-refractivity contribution is 0.449. The number of benzene rings is 1. The third-order valence-corrected chi connectivity index (χ3v) is 2.24. The fourth-order valence-corrected chi connectivity index (χ4v) is 1.63. The summed E-state index contributed by atoms with van der Waals surface area (Å²) in [5.41, 5.74) is 6.43. The molecule has 0 aliphatic carbocycles. The van der Waals surface area contributed by atoms with E-state index in [1.807, 2.05) is 0 Å². The Kier molecular flexibility index (Phi) is 3.31. The Labute approximate surface area is 82.6 Å². The normalized spacial score (nSPS) is 10.2. The van der Waals surface area contributed by atoms with Crippen LogP contribution in [-0.4, -0.2) is 11.7 Å². The van der Waals surface area contributed by atoms with Gasteiger partial charge in [-0.25, -0.2) is 0 Å². The smallest absolute Gasteiger partial charge is 0.142 e. The molecule has 0 atom stereocenters. The number of aromatic hydroxyl groups is 1. The molecule has 12 heavy (non-hydrogen) atoms. The second kappa shape index (κ2) is 4.07. The topological polar surface area (TPSA) is 46.2 Å². The molecule has 0 heterocycles. The number of phenolic OH excluding ortho intramolecular Hbond substituents is 1. The zero-order chi connectivity index (χ0) is 9.14. The minimum absolute atomic E-state index is 0.127. The monoisotopic (exact) mass is 201 g/mol. The van der Waals surface area contributed by atoms with Crippen LogP contribution in [0.5, 0.6) is 5.75 Å². The van der Waals surface area contributed by atoms with Gasteiger partial charge in [0.15, 0.2) is 0 Å². The first-order valence-corrected chi connectivity index (χ1v) is 4.48. The summed E-state index contributed by atoms with van der Waals surface area (Å²) in [6, 6.07) is 3.59. The Bertz CT molecular complexity index is 265. The molecule has 0 saturated carbocycles. The van der Waals surface area contributed by atoms with Crippen molar-refractivity contribution in [3.63, 3.8) is 0 Å². The SMILES string of the molecule is NCCc1cc(S)c(O)c(S)c1. The quantitative estimate of drug-likeness (QED) is 0.548. The molecule has 1 rings (SSSR count). The maximum atomic E-state index is 9.31. The average molecular weight is 201 g/mol. The van der Waals surface area contributed by atoms with Crippen molar-refractivity contribution >= 4 is 25.3 Å². The van der Waals surface area contributed by atoms with Crippen molar-refractivity contribution in [1.82, 2.24) is 0 Å². The van der Waals surface area contributed by atoms with Crippen LogP contribution in [0.3, 0.4) is 0 Å². The Morgan fingerprint density at radius 1 is 1.25 bits per heavy atom. The third kappa shape index (κ3) is 2.09. The van der Waals surface area contributed by atoms with Crippen LogP contribution in [0.4, 0.5) is 0 Å². The van der Waals surface area contributed by atoms with Crippen LogP contribution < -0.4 is 5.73 Å². The standard InChI is InChI=1S/C8H11NOS2/c9-2-1-5-3-6(11)8(10)7(12)4-5/h3-4,10-12H,1-2,9H2. The number of rotatable bonds is 2. The first-order valence-electron chi connectivity index (χ1n) is 3.59. The number of phenols is 1. The van der Waals surface area contributed by atoms with Gasteiger partial charge in [0.25, 0.3) is 0 Å². The summed E-state index contributed by atoms with van der Waals surface area (Å²) in [5.74, 6) is 0.127. The van der Waals surface area contributed by atoms with E-state index in [4.69, 9.17) is 5.73 Å². The van der Waals surface area contributed by atoms with Crippen LogP contribution in [0, 0.1) is 0 Å². The molecular formula is C8H11NOS2. The van der Waals surface area contributed by atoms with E-state index in [1.54, 1.807) is 12.1 Å². The van der Waals surface area contributed by atoms with E-state index in [0.717, 1.165) is 12.0 Å². The molecule has 0 radical (unpaired) electrons. The van der Waals surface area contributed by atoms with Gasteiger partial charge >= 0.3 is 0 Å². The van der Waals surface area contributed by atoms with E-state index in [1.165, 1.54) is 0 Å². The predicted molar refractivity (Wildman–Crippen MR) is 55.4 cm³/mol. The van der Waals surface area contributed by atoms with Crippen molar-refractivity contribution in [2.24, 2.45) is 5.73 Å². The van der Waals surface area contributed by atoms with Gasteiger partial charge in [0, 0.05) is 9.79 Å². The molecule has 0 bridgehead atoms. The van der Waals surface area contributed by atoms with E-state index >= 15 is 0 Å². The van der Waals surface area contributed by atoms with Crippen molar-refractivity contribution in [3.05, 3.63) is 17.7 Å². The van der Waals surface area contributed by atoms with E-state index in [2.05, 4.69) is 25.3 Å². The van der Waals surface area contributed by atoms with E-state index in [0.29, 0.717) is 16.3 Å². The third-order valence-electron chi connectivity index (χ3n) is 1.56. The average Bonchev–Trinajstić information content (AvgIpc) is 2.01. The van der Waals surface area contributed by atoms with Crippen LogP contribution in [0.15, 0.2) is 21.9 Å². The van der Waals surface area contributed by atoms with Crippen molar-refractivity contribution < 1.29 is 5.11 Å². The molecule has 0 aliphatic rings. The largest absolute Gasteiger partial charge is 0.506 e. The molecule has 0 fully saturated rings. The molecular weight excluding hydrogens is 190 g/mol. The Morgan fingerprint density at radius 3 is 2.17 bits per heavy atom. The Hall–Kier alpha value is -0.320. The Balaban J connectivity index is 3.04. The van der Waals surface area contributed by atoms with Gasteiger partial charge in [-0.3, -0.25) is 0 Å². The lowest BCUT2D eigenvalue weighted by Gasteiger charge is -2.05. The van der Waals surface area contributed by atoms with Gasteiger partial charge in [0.2, 0.25) is 0 Å². The molecule has 4 heteroatoms. The number of hydrogen-bond acceptors (Lipinski definition) is 4. The van der Waals surface area contributed by atoms with Crippen LogP contribution >= 0.6 is 25.3 Å². The summed E-state index contributed by atoms with van der Waals surface area (Å²) in [5, 5.41) is 9.31. The summed E-state index contributed by atoms with van der Waals surface area (Å²) in [4.78, 5) is 1.09. The van der Waals surface area contributed by atoms with Crippen LogP contribution in [-0.2, 0) is 6.42 Å². The van der Waals surface area contributed by atoms with Gasteiger partial charge in [-0.05, 0) is 30.7 Å². The molecule has 0 saturated heterocycles. The van der Waals surface area contributed by atoms with Crippen molar-refractivity contribution in [2.75, 3.05) is 6.54 Å². The molecule has 66 valence electrons. The summed E-state index contributed by atoms with van der Waals surface area (Å²) in [6.07, 6.45) is 0.779. The molecule has 0 spiro atoms. The molecule has 3 N–H and O–H groups in total. The van der Waals surface area contributed by atoms with Gasteiger partial charge < -0.3 is 10.8 Å². The lowest BCUT2D eigenvalue weighted by Crippen LogP contribution is -2.02. The van der Waals surface area contributed by atoms with Gasteiger partial charge in [-0.2, -0.15) is 0 Å². The second-order valence-electron chi connectivity index (χ2n) is 2.52. The molecule has 1 aromatic rings. The van der Waals surface area contributed by atoms with E-state index in [-0.39, 0.29) is 5.75 Å². The maximum Gasteiger partial charge on any atom is 0.142 e. The summed E-state index contributed by atoms with van der Waals surface area (Å²) < 4.78 is 0. The van der Waals surface area contributed by atoms with Crippen LogP contribution in [0.1, 0.15) is 5.56 Å². The highest BCUT2D eigenvalue weighted by Crippen LogP contribution is 2.30. The van der Waals surface area contributed by atoms with Crippen LogP contribution in [0.2, 0.25) is 0 Å². The highest BCUT2D eigenvalue weighted by molar-refractivity contribution is 7.81. The van der Waals surface area contributed by atoms with E-state index in [9.17, 15) is 5.11 Å². The molecule has 0 amide bonds. The lowest BCUT2D eigenvalue weighted by atomic mass is 10.1. The number of hydrogen-bond donors (Lipinski definition) is 4. The van der Waals surface area contributed by atoms with Crippen LogP contribution in [0.25, 0.3) is 0 Å². The van der Waals surface area contributed by atoms with Crippen molar-refractivity contribution in [3.8, 4) is 5.75 Å². The molecule has 2 nitrogen and oxygen atoms in total. The number of thiol groups is 2. The minimum Gasteiger partial charge on any atom is -0.506 e. The van der Waals surface area contributed by atoms with Crippen molar-refractivity contribution in [1.29, 1.82) is 0 Å². The van der Waals surface area contributed by atoms with Gasteiger partial charge in [-0.1, -0.05) is 0 Å². The first-order chi connectivity index (χ1) is 5.65. The Morgan fingerprint density at radius 2 is 1.75 bits per heavy atom. The van der Waals surface area contributed by atoms with Gasteiger partial charge in [0.1, 0.15) is 5.75 Å². The summed E-state index contributed by atoms with van der Waals surface area (Å²) >= 11 is 8.18. The maximum absolute atomic E-state index is 9.31. The zero-order valence-corrected chi connectivity index (χ0v) is 8.28. The number of nitrogens with two attached hydrogens (primary N) is 1. The summed E-state index contributed by atoms with van der Waals surface area (Å²) in [7, 11) is 0. The highest BCUT2D eigenvalue weighted by Gasteiger charge is 2.03. The zero-order valence-electron chi connectivity index (χ0n) is 6.49. The van der Waals surface area contributed by atoms with Crippen molar-refractivity contribution in [2.45, 2.75) is 16.2 Å². The fourth-order valence-electron chi connectivity index (χ4n) is 0.972. The first kappa shape index (κ1) is 9.77. The van der Waals surface area contributed by atoms with Gasteiger partial charge in [0.05, 0.1) is 0 Å². The molecule has 0 aromatic heterocycles. The fraction of sp³-hybridized carbons (Fsp3) is 0.250. The second-order valence-corrected chi connectivity index (χ2v) is 3.48. The minimum atomic E-state index is 0.127. The summed E-state index contributed by atoms with van der Waals surface area (Å²) in [6.45, 7) is 0.589. The van der Waals surface area contributed by atoms with E-state index < -0.39 is 0 Å². The highest BCUT2D eigenvalue weighted by atomic mass is 32.1. The molecule has 1 aromatic carbocycles.